The van der Waals surface area contributed by atoms with Gasteiger partial charge >= 0.3 is 0 Å². The molecule has 0 bridgehead atoms. The fourth-order valence-electron chi connectivity index (χ4n) is 1.42. The van der Waals surface area contributed by atoms with E-state index in [1.165, 1.54) is 12.1 Å². The predicted molar refractivity (Wildman–Crippen MR) is 70.7 cm³/mol. The second-order valence-electron chi connectivity index (χ2n) is 4.01. The van der Waals surface area contributed by atoms with Crippen molar-refractivity contribution >= 4 is 23.4 Å². The Morgan fingerprint density at radius 1 is 1.59 bits per heavy atom. The Kier molecular flexibility index (Phi) is 5.28. The Bertz CT molecular complexity index is 398. The first-order valence-electron chi connectivity index (χ1n) is 5.36. The molecule has 0 aliphatic rings. The molecular weight excluding hydrogens is 239 g/mol. The van der Waals surface area contributed by atoms with Gasteiger partial charge in [0.2, 0.25) is 0 Å². The Balaban J connectivity index is 2.58. The van der Waals surface area contributed by atoms with E-state index in [2.05, 4.69) is 5.32 Å². The second-order valence-corrected chi connectivity index (χ2v) is 4.92. The molecule has 1 unspecified atom stereocenters. The molecule has 5 heteroatoms. The molecule has 0 heterocycles. The first kappa shape index (κ1) is 13.8. The minimum absolute atomic E-state index is 0.0375. The van der Waals surface area contributed by atoms with Crippen molar-refractivity contribution < 1.29 is 9.18 Å². The van der Waals surface area contributed by atoms with Crippen molar-refractivity contribution in [3.05, 3.63) is 29.6 Å². The monoisotopic (exact) mass is 256 g/mol. The lowest BCUT2D eigenvalue weighted by atomic mass is 10.1. The molecule has 94 valence electrons. The zero-order valence-electron chi connectivity index (χ0n) is 10.00. The lowest BCUT2D eigenvalue weighted by Gasteiger charge is -2.11. The molecule has 1 rings (SSSR count). The minimum atomic E-state index is -0.583. The predicted octanol–water partition coefficient (Wildman–Crippen LogP) is 2.14. The van der Waals surface area contributed by atoms with Gasteiger partial charge in [0.1, 0.15) is 5.82 Å². The number of nitrogen functional groups attached to an aromatic ring is 1. The number of nitrogens with two attached hydrogens (primary N) is 1. The molecule has 1 amide bonds. The summed E-state index contributed by atoms with van der Waals surface area (Å²) in [5.41, 5.74) is 5.77. The van der Waals surface area contributed by atoms with E-state index in [1.54, 1.807) is 11.8 Å². The van der Waals surface area contributed by atoms with Gasteiger partial charge in [-0.25, -0.2) is 4.39 Å². The SMILES string of the molecule is CSCC(C)CNC(=O)c1ccc(N)cc1F. The van der Waals surface area contributed by atoms with Crippen LogP contribution in [0.15, 0.2) is 18.2 Å². The molecule has 0 saturated heterocycles. The number of rotatable bonds is 5. The van der Waals surface area contributed by atoms with E-state index in [4.69, 9.17) is 5.73 Å². The molecule has 0 fully saturated rings. The average molecular weight is 256 g/mol. The first-order valence-corrected chi connectivity index (χ1v) is 6.76. The second kappa shape index (κ2) is 6.49. The van der Waals surface area contributed by atoms with Crippen LogP contribution < -0.4 is 11.1 Å². The van der Waals surface area contributed by atoms with Crippen LogP contribution in [0.2, 0.25) is 0 Å². The molecule has 0 radical (unpaired) electrons. The fraction of sp³-hybridized carbons (Fsp3) is 0.417. The number of halogens is 1. The molecule has 0 saturated carbocycles. The van der Waals surface area contributed by atoms with Crippen LogP contribution in [0.25, 0.3) is 0 Å². The van der Waals surface area contributed by atoms with Gasteiger partial charge in [0.05, 0.1) is 5.56 Å². The van der Waals surface area contributed by atoms with Gasteiger partial charge in [0, 0.05) is 12.2 Å². The summed E-state index contributed by atoms with van der Waals surface area (Å²) in [4.78, 5) is 11.7. The summed E-state index contributed by atoms with van der Waals surface area (Å²) in [7, 11) is 0. The van der Waals surface area contributed by atoms with E-state index >= 15 is 0 Å². The third-order valence-electron chi connectivity index (χ3n) is 2.30. The van der Waals surface area contributed by atoms with E-state index in [9.17, 15) is 9.18 Å². The van der Waals surface area contributed by atoms with Gasteiger partial charge in [-0.3, -0.25) is 4.79 Å². The first-order chi connectivity index (χ1) is 8.04. The smallest absolute Gasteiger partial charge is 0.254 e. The fourth-order valence-corrected chi connectivity index (χ4v) is 2.11. The van der Waals surface area contributed by atoms with Crippen LogP contribution in [0.5, 0.6) is 0 Å². The van der Waals surface area contributed by atoms with Crippen LogP contribution in [-0.4, -0.2) is 24.5 Å². The molecule has 3 N–H and O–H groups in total. The third-order valence-corrected chi connectivity index (χ3v) is 3.20. The molecule has 1 aromatic carbocycles. The number of amides is 1. The molecule has 0 aliphatic carbocycles. The summed E-state index contributed by atoms with van der Waals surface area (Å²) in [5, 5.41) is 2.71. The Morgan fingerprint density at radius 3 is 2.88 bits per heavy atom. The van der Waals surface area contributed by atoms with Crippen LogP contribution in [0.1, 0.15) is 17.3 Å². The van der Waals surface area contributed by atoms with E-state index in [-0.39, 0.29) is 5.56 Å². The van der Waals surface area contributed by atoms with Gasteiger partial charge in [0.15, 0.2) is 0 Å². The molecule has 0 aliphatic heterocycles. The van der Waals surface area contributed by atoms with E-state index in [0.717, 1.165) is 11.8 Å². The number of carbonyl (C=O) groups excluding carboxylic acids is 1. The van der Waals surface area contributed by atoms with Gasteiger partial charge in [-0.15, -0.1) is 0 Å². The summed E-state index contributed by atoms with van der Waals surface area (Å²) in [6, 6.07) is 4.07. The number of thioether (sulfide) groups is 1. The summed E-state index contributed by atoms with van der Waals surface area (Å²) >= 11 is 1.72. The number of hydrogen-bond donors (Lipinski definition) is 2. The number of carbonyl (C=O) groups is 1. The van der Waals surface area contributed by atoms with Crippen molar-refractivity contribution in [1.29, 1.82) is 0 Å². The molecule has 0 aromatic heterocycles. The van der Waals surface area contributed by atoms with Crippen molar-refractivity contribution in [3.8, 4) is 0 Å². The number of hydrogen-bond acceptors (Lipinski definition) is 3. The van der Waals surface area contributed by atoms with Crippen LogP contribution >= 0.6 is 11.8 Å². The lowest BCUT2D eigenvalue weighted by molar-refractivity contribution is 0.0945. The van der Waals surface area contributed by atoms with Crippen LogP contribution in [0, 0.1) is 11.7 Å². The highest BCUT2D eigenvalue weighted by molar-refractivity contribution is 7.98. The quantitative estimate of drug-likeness (QED) is 0.794. The normalized spacial score (nSPS) is 12.2. The molecule has 1 atom stereocenters. The van der Waals surface area contributed by atoms with Crippen molar-refractivity contribution in [2.24, 2.45) is 5.92 Å². The highest BCUT2D eigenvalue weighted by atomic mass is 32.2. The Labute approximate surface area is 105 Å². The van der Waals surface area contributed by atoms with Crippen molar-refractivity contribution in [3.63, 3.8) is 0 Å². The summed E-state index contributed by atoms with van der Waals surface area (Å²) < 4.78 is 13.4. The number of anilines is 1. The van der Waals surface area contributed by atoms with Gasteiger partial charge in [-0.2, -0.15) is 11.8 Å². The van der Waals surface area contributed by atoms with Crippen LogP contribution in [-0.2, 0) is 0 Å². The molecular formula is C12H17FN2OS. The maximum atomic E-state index is 13.4. The average Bonchev–Trinajstić information content (AvgIpc) is 2.26. The highest BCUT2D eigenvalue weighted by Gasteiger charge is 2.12. The maximum absolute atomic E-state index is 13.4. The van der Waals surface area contributed by atoms with Crippen molar-refractivity contribution in [2.75, 3.05) is 24.3 Å². The third kappa shape index (κ3) is 4.26. The lowest BCUT2D eigenvalue weighted by Crippen LogP contribution is -2.29. The van der Waals surface area contributed by atoms with E-state index < -0.39 is 11.7 Å². The minimum Gasteiger partial charge on any atom is -0.399 e. The zero-order valence-corrected chi connectivity index (χ0v) is 10.8. The van der Waals surface area contributed by atoms with Crippen LogP contribution in [0.4, 0.5) is 10.1 Å². The largest absolute Gasteiger partial charge is 0.399 e. The Morgan fingerprint density at radius 2 is 2.29 bits per heavy atom. The molecule has 1 aromatic rings. The van der Waals surface area contributed by atoms with Crippen molar-refractivity contribution in [1.82, 2.24) is 5.32 Å². The van der Waals surface area contributed by atoms with E-state index in [1.807, 2.05) is 13.2 Å². The summed E-state index contributed by atoms with van der Waals surface area (Å²) in [6.07, 6.45) is 2.01. The highest BCUT2D eigenvalue weighted by Crippen LogP contribution is 2.12. The molecule has 3 nitrogen and oxygen atoms in total. The maximum Gasteiger partial charge on any atom is 0.254 e. The van der Waals surface area contributed by atoms with Gasteiger partial charge in [-0.1, -0.05) is 6.92 Å². The summed E-state index contributed by atoms with van der Waals surface area (Å²) in [6.45, 7) is 2.58. The molecule has 17 heavy (non-hydrogen) atoms. The number of nitrogens with one attached hydrogen (secondary N) is 1. The van der Waals surface area contributed by atoms with Crippen LogP contribution in [0.3, 0.4) is 0 Å². The van der Waals surface area contributed by atoms with Gasteiger partial charge in [-0.05, 0) is 36.1 Å². The Hall–Kier alpha value is -1.23. The topological polar surface area (TPSA) is 55.1 Å². The van der Waals surface area contributed by atoms with Gasteiger partial charge in [0.25, 0.3) is 5.91 Å². The number of benzene rings is 1. The summed E-state index contributed by atoms with van der Waals surface area (Å²) in [5.74, 6) is 0.353. The van der Waals surface area contributed by atoms with E-state index in [0.29, 0.717) is 18.2 Å². The molecule has 0 spiro atoms. The zero-order chi connectivity index (χ0) is 12.8. The van der Waals surface area contributed by atoms with Gasteiger partial charge < -0.3 is 11.1 Å². The van der Waals surface area contributed by atoms with Crippen molar-refractivity contribution in [2.45, 2.75) is 6.92 Å². The standard InChI is InChI=1S/C12H17FN2OS/c1-8(7-17-2)6-15-12(16)10-4-3-9(14)5-11(10)13/h3-5,8H,6-7,14H2,1-2H3,(H,15,16).